The van der Waals surface area contributed by atoms with Gasteiger partial charge in [-0.3, -0.25) is 4.90 Å². The van der Waals surface area contributed by atoms with E-state index in [0.717, 1.165) is 25.7 Å². The lowest BCUT2D eigenvalue weighted by Gasteiger charge is -2.31. The molecular weight excluding hydrogens is 246 g/mol. The minimum Gasteiger partial charge on any atom is -0.444 e. The van der Waals surface area contributed by atoms with Crippen LogP contribution in [0.2, 0.25) is 0 Å². The lowest BCUT2D eigenvalue weighted by Crippen LogP contribution is -2.46. The van der Waals surface area contributed by atoms with E-state index in [2.05, 4.69) is 0 Å². The zero-order valence-electron chi connectivity index (χ0n) is 12.3. The summed E-state index contributed by atoms with van der Waals surface area (Å²) >= 11 is 0. The molecule has 5 heteroatoms. The first-order valence-corrected chi connectivity index (χ1v) is 7.06. The maximum atomic E-state index is 12.3. The minimum atomic E-state index is -0.486. The number of carbonyl (C=O) groups is 1. The van der Waals surface area contributed by atoms with Crippen molar-refractivity contribution in [2.24, 2.45) is 0 Å². The topological polar surface area (TPSA) is 48.0 Å². The molecule has 1 amide bonds. The van der Waals surface area contributed by atoms with E-state index < -0.39 is 5.60 Å². The normalized spacial score (nSPS) is 27.7. The number of hydrogen-bond donors (Lipinski definition) is 0. The molecule has 0 N–H and O–H groups in total. The Morgan fingerprint density at radius 1 is 1.21 bits per heavy atom. The van der Waals surface area contributed by atoms with Gasteiger partial charge in [-0.05, 0) is 46.5 Å². The summed E-state index contributed by atoms with van der Waals surface area (Å²) in [6.07, 6.45) is 3.95. The Bertz CT molecular complexity index is 322. The molecule has 0 aromatic rings. The average molecular weight is 271 g/mol. The molecule has 1 saturated carbocycles. The summed E-state index contributed by atoms with van der Waals surface area (Å²) in [6.45, 7) is 6.21. The van der Waals surface area contributed by atoms with Gasteiger partial charge in [0.25, 0.3) is 0 Å². The van der Waals surface area contributed by atoms with Gasteiger partial charge in [-0.2, -0.15) is 0 Å². The summed E-state index contributed by atoms with van der Waals surface area (Å²) in [5.74, 6) is 0. The van der Waals surface area contributed by atoms with E-state index >= 15 is 0 Å². The molecule has 1 heterocycles. The molecule has 0 spiro atoms. The number of amides is 1. The van der Waals surface area contributed by atoms with Crippen LogP contribution in [0.1, 0.15) is 46.5 Å². The van der Waals surface area contributed by atoms with Crippen LogP contribution in [0, 0.1) is 0 Å². The van der Waals surface area contributed by atoms with Gasteiger partial charge < -0.3 is 14.2 Å². The second-order valence-corrected chi connectivity index (χ2v) is 6.34. The molecule has 2 aliphatic rings. The zero-order chi connectivity index (χ0) is 14.0. The van der Waals surface area contributed by atoms with Gasteiger partial charge in [0.05, 0.1) is 18.8 Å². The zero-order valence-corrected chi connectivity index (χ0v) is 12.3. The molecule has 1 saturated heterocycles. The average Bonchev–Trinajstić information content (AvgIpc) is 3.03. The van der Waals surface area contributed by atoms with Crippen molar-refractivity contribution in [3.8, 4) is 0 Å². The van der Waals surface area contributed by atoms with Crippen LogP contribution < -0.4 is 0 Å². The minimum absolute atomic E-state index is 0.0698. The lowest BCUT2D eigenvalue weighted by atomic mass is 10.2. The summed E-state index contributed by atoms with van der Waals surface area (Å²) in [5.41, 5.74) is -0.486. The van der Waals surface area contributed by atoms with Crippen molar-refractivity contribution in [3.63, 3.8) is 0 Å². The highest BCUT2D eigenvalue weighted by Crippen LogP contribution is 2.30. The van der Waals surface area contributed by atoms with E-state index in [1.165, 1.54) is 0 Å². The van der Waals surface area contributed by atoms with Crippen molar-refractivity contribution in [1.82, 2.24) is 4.90 Å². The third-order valence-corrected chi connectivity index (χ3v) is 3.38. The Labute approximate surface area is 115 Å². The third-order valence-electron chi connectivity index (χ3n) is 3.38. The van der Waals surface area contributed by atoms with Crippen LogP contribution in [0.15, 0.2) is 0 Å². The van der Waals surface area contributed by atoms with Gasteiger partial charge in [0, 0.05) is 7.11 Å². The van der Waals surface area contributed by atoms with Crippen LogP contribution in [0.4, 0.5) is 4.79 Å². The fraction of sp³-hybridized carbons (Fsp3) is 0.929. The highest BCUT2D eigenvalue weighted by atomic mass is 16.6. The molecule has 2 atom stereocenters. The van der Waals surface area contributed by atoms with Crippen LogP contribution in [-0.4, -0.2) is 48.7 Å². The summed E-state index contributed by atoms with van der Waals surface area (Å²) in [7, 11) is 1.63. The summed E-state index contributed by atoms with van der Waals surface area (Å²) < 4.78 is 16.6. The molecule has 0 radical (unpaired) electrons. The molecule has 19 heavy (non-hydrogen) atoms. The first-order chi connectivity index (χ1) is 8.90. The fourth-order valence-electron chi connectivity index (χ4n) is 2.31. The Morgan fingerprint density at radius 3 is 2.42 bits per heavy atom. The molecule has 110 valence electrons. The smallest absolute Gasteiger partial charge is 0.412 e. The van der Waals surface area contributed by atoms with Crippen molar-refractivity contribution < 1.29 is 19.0 Å². The predicted molar refractivity (Wildman–Crippen MR) is 70.9 cm³/mol. The van der Waals surface area contributed by atoms with Crippen molar-refractivity contribution in [2.75, 3.05) is 13.7 Å². The van der Waals surface area contributed by atoms with Crippen LogP contribution in [0.3, 0.4) is 0 Å². The maximum absolute atomic E-state index is 12.3. The number of ether oxygens (including phenoxy) is 3. The molecule has 1 aliphatic heterocycles. The molecule has 0 aromatic carbocycles. The predicted octanol–water partition coefficient (Wildman–Crippen LogP) is 2.54. The van der Waals surface area contributed by atoms with Gasteiger partial charge in [0.15, 0.2) is 0 Å². The Hall–Kier alpha value is -0.810. The largest absolute Gasteiger partial charge is 0.444 e. The number of likely N-dealkylation sites (tertiary alicyclic amines) is 1. The standard InChI is InChI=1S/C14H25NO4/c1-14(2,3)19-13(16)15-10(5-8-12(15)17-4)9-18-11-6-7-11/h10-12H,5-9H2,1-4H3/t10-,12?/m0/s1. The Kier molecular flexibility index (Phi) is 4.36. The highest BCUT2D eigenvalue weighted by molar-refractivity contribution is 5.69. The van der Waals surface area contributed by atoms with Gasteiger partial charge in [-0.1, -0.05) is 0 Å². The van der Waals surface area contributed by atoms with E-state index in [-0.39, 0.29) is 18.4 Å². The lowest BCUT2D eigenvalue weighted by molar-refractivity contribution is -0.0529. The van der Waals surface area contributed by atoms with Crippen LogP contribution in [-0.2, 0) is 14.2 Å². The number of hydrogen-bond acceptors (Lipinski definition) is 4. The van der Waals surface area contributed by atoms with E-state index in [4.69, 9.17) is 14.2 Å². The second-order valence-electron chi connectivity index (χ2n) is 6.34. The first kappa shape index (κ1) is 14.6. The quantitative estimate of drug-likeness (QED) is 0.788. The van der Waals surface area contributed by atoms with Crippen LogP contribution >= 0.6 is 0 Å². The van der Waals surface area contributed by atoms with Crippen molar-refractivity contribution in [3.05, 3.63) is 0 Å². The SMILES string of the molecule is COC1CC[C@@H](COC2CC2)N1C(=O)OC(C)(C)C. The summed E-state index contributed by atoms with van der Waals surface area (Å²) in [6, 6.07) is 0.0698. The molecule has 1 aliphatic carbocycles. The van der Waals surface area contributed by atoms with Crippen molar-refractivity contribution in [2.45, 2.75) is 70.4 Å². The highest BCUT2D eigenvalue weighted by Gasteiger charge is 2.40. The molecule has 0 aromatic heterocycles. The Balaban J connectivity index is 1.95. The third kappa shape index (κ3) is 4.08. The van der Waals surface area contributed by atoms with Gasteiger partial charge in [-0.15, -0.1) is 0 Å². The van der Waals surface area contributed by atoms with Gasteiger partial charge in [0.1, 0.15) is 11.8 Å². The molecule has 2 fully saturated rings. The Morgan fingerprint density at radius 2 is 1.89 bits per heavy atom. The van der Waals surface area contributed by atoms with E-state index in [1.807, 2.05) is 20.8 Å². The van der Waals surface area contributed by atoms with Crippen LogP contribution in [0.5, 0.6) is 0 Å². The van der Waals surface area contributed by atoms with Gasteiger partial charge in [-0.25, -0.2) is 4.79 Å². The monoisotopic (exact) mass is 271 g/mol. The molecule has 2 rings (SSSR count). The summed E-state index contributed by atoms with van der Waals surface area (Å²) in [4.78, 5) is 14.0. The van der Waals surface area contributed by atoms with Crippen LogP contribution in [0.25, 0.3) is 0 Å². The fourth-order valence-corrected chi connectivity index (χ4v) is 2.31. The van der Waals surface area contributed by atoms with Crippen molar-refractivity contribution in [1.29, 1.82) is 0 Å². The van der Waals surface area contributed by atoms with Gasteiger partial charge in [0.2, 0.25) is 0 Å². The number of methoxy groups -OCH3 is 1. The van der Waals surface area contributed by atoms with Gasteiger partial charge >= 0.3 is 6.09 Å². The number of carbonyl (C=O) groups excluding carboxylic acids is 1. The summed E-state index contributed by atoms with van der Waals surface area (Å²) in [5, 5.41) is 0. The van der Waals surface area contributed by atoms with E-state index in [9.17, 15) is 4.79 Å². The molecular formula is C14H25NO4. The van der Waals surface area contributed by atoms with Crippen molar-refractivity contribution >= 4 is 6.09 Å². The second kappa shape index (κ2) is 5.67. The molecule has 0 bridgehead atoms. The van der Waals surface area contributed by atoms with E-state index in [1.54, 1.807) is 12.0 Å². The number of nitrogens with zero attached hydrogens (tertiary/aromatic N) is 1. The maximum Gasteiger partial charge on any atom is 0.412 e. The molecule has 5 nitrogen and oxygen atoms in total. The molecule has 1 unspecified atom stereocenters. The first-order valence-electron chi connectivity index (χ1n) is 7.06. The van der Waals surface area contributed by atoms with E-state index in [0.29, 0.717) is 12.7 Å². The number of rotatable bonds is 4.